The molecule has 2 N–H and O–H groups in total. The highest BCUT2D eigenvalue weighted by Gasteiger charge is 2.17. The summed E-state index contributed by atoms with van der Waals surface area (Å²) in [4.78, 5) is 11.4. The SMILES string of the molecule is CNC(=O)C(C)NC(C)c1cc(Br)ccc1F. The molecule has 0 bridgehead atoms. The fraction of sp³-hybridized carbons (Fsp3) is 0.417. The smallest absolute Gasteiger partial charge is 0.236 e. The summed E-state index contributed by atoms with van der Waals surface area (Å²) in [5.74, 6) is -0.399. The van der Waals surface area contributed by atoms with Crippen LogP contribution in [0.5, 0.6) is 0 Å². The van der Waals surface area contributed by atoms with E-state index >= 15 is 0 Å². The van der Waals surface area contributed by atoms with Crippen LogP contribution in [0, 0.1) is 5.82 Å². The highest BCUT2D eigenvalue weighted by atomic mass is 79.9. The Bertz CT molecular complexity index is 411. The third kappa shape index (κ3) is 3.78. The Labute approximate surface area is 109 Å². The lowest BCUT2D eigenvalue weighted by Gasteiger charge is -2.19. The maximum absolute atomic E-state index is 13.6. The van der Waals surface area contributed by atoms with Gasteiger partial charge in [-0.25, -0.2) is 4.39 Å². The van der Waals surface area contributed by atoms with Crippen molar-refractivity contribution >= 4 is 21.8 Å². The fourth-order valence-corrected chi connectivity index (χ4v) is 1.98. The summed E-state index contributed by atoms with van der Waals surface area (Å²) in [7, 11) is 1.57. The summed E-state index contributed by atoms with van der Waals surface area (Å²) in [6.07, 6.45) is 0. The molecule has 1 aromatic rings. The number of nitrogens with one attached hydrogen (secondary N) is 2. The molecule has 2 atom stereocenters. The van der Waals surface area contributed by atoms with Crippen molar-refractivity contribution in [1.82, 2.24) is 10.6 Å². The molecule has 0 aliphatic heterocycles. The summed E-state index contributed by atoms with van der Waals surface area (Å²) < 4.78 is 14.4. The normalized spacial score (nSPS) is 14.2. The number of hydrogen-bond acceptors (Lipinski definition) is 2. The van der Waals surface area contributed by atoms with Crippen LogP contribution in [0.3, 0.4) is 0 Å². The number of likely N-dealkylation sites (N-methyl/N-ethyl adjacent to an activating group) is 1. The van der Waals surface area contributed by atoms with Gasteiger partial charge in [0.2, 0.25) is 5.91 Å². The van der Waals surface area contributed by atoms with E-state index in [1.165, 1.54) is 6.07 Å². The van der Waals surface area contributed by atoms with Gasteiger partial charge < -0.3 is 5.32 Å². The molecule has 0 saturated carbocycles. The standard InChI is InChI=1S/C12H16BrFN2O/c1-7(16-8(2)12(17)15-3)10-6-9(13)4-5-11(10)14/h4-8,16H,1-3H3,(H,15,17). The zero-order chi connectivity index (χ0) is 13.0. The van der Waals surface area contributed by atoms with Gasteiger partial charge in [-0.3, -0.25) is 10.1 Å². The zero-order valence-electron chi connectivity index (χ0n) is 10.1. The molecule has 1 rings (SSSR count). The molecule has 0 aliphatic carbocycles. The molecule has 5 heteroatoms. The van der Waals surface area contributed by atoms with Gasteiger partial charge in [0, 0.05) is 23.1 Å². The Morgan fingerprint density at radius 2 is 2.06 bits per heavy atom. The van der Waals surface area contributed by atoms with Crippen LogP contribution in [-0.2, 0) is 4.79 Å². The number of amides is 1. The van der Waals surface area contributed by atoms with Crippen LogP contribution in [-0.4, -0.2) is 19.0 Å². The summed E-state index contributed by atoms with van der Waals surface area (Å²) in [6, 6.07) is 4.16. The third-order valence-electron chi connectivity index (χ3n) is 2.56. The maximum Gasteiger partial charge on any atom is 0.236 e. The molecule has 0 heterocycles. The lowest BCUT2D eigenvalue weighted by atomic mass is 10.1. The van der Waals surface area contributed by atoms with Gasteiger partial charge in [-0.05, 0) is 32.0 Å². The first-order valence-electron chi connectivity index (χ1n) is 5.38. The summed E-state index contributed by atoms with van der Waals surface area (Å²) in [5.41, 5.74) is 0.537. The first kappa shape index (κ1) is 14.1. The number of halogens is 2. The first-order valence-corrected chi connectivity index (χ1v) is 6.17. The minimum atomic E-state index is -0.367. The molecule has 0 radical (unpaired) electrons. The molecule has 94 valence electrons. The van der Waals surface area contributed by atoms with Crippen molar-refractivity contribution in [2.45, 2.75) is 25.9 Å². The predicted molar refractivity (Wildman–Crippen MR) is 69.2 cm³/mol. The quantitative estimate of drug-likeness (QED) is 0.896. The van der Waals surface area contributed by atoms with Gasteiger partial charge in [0.1, 0.15) is 5.82 Å². The number of rotatable bonds is 4. The van der Waals surface area contributed by atoms with E-state index in [1.54, 1.807) is 26.1 Å². The molecule has 0 aliphatic rings. The van der Waals surface area contributed by atoms with Gasteiger partial charge in [-0.15, -0.1) is 0 Å². The second-order valence-corrected chi connectivity index (χ2v) is 4.81. The van der Waals surface area contributed by atoms with Crippen LogP contribution in [0.15, 0.2) is 22.7 Å². The van der Waals surface area contributed by atoms with Gasteiger partial charge in [0.25, 0.3) is 0 Å². The summed E-state index contributed by atoms with van der Waals surface area (Å²) in [5, 5.41) is 5.59. The summed E-state index contributed by atoms with van der Waals surface area (Å²) >= 11 is 3.30. The van der Waals surface area contributed by atoms with E-state index in [0.29, 0.717) is 5.56 Å². The highest BCUT2D eigenvalue weighted by molar-refractivity contribution is 9.10. The number of benzene rings is 1. The molecule has 17 heavy (non-hydrogen) atoms. The molecule has 3 nitrogen and oxygen atoms in total. The third-order valence-corrected chi connectivity index (χ3v) is 3.06. The number of carbonyl (C=O) groups excluding carboxylic acids is 1. The molecular weight excluding hydrogens is 287 g/mol. The van der Waals surface area contributed by atoms with Crippen LogP contribution < -0.4 is 10.6 Å². The Hall–Kier alpha value is -0.940. The topological polar surface area (TPSA) is 41.1 Å². The molecule has 1 amide bonds. The Morgan fingerprint density at radius 3 is 2.65 bits per heavy atom. The maximum atomic E-state index is 13.6. The molecule has 1 aromatic carbocycles. The Kier molecular flexibility index (Phi) is 5.08. The van der Waals surface area contributed by atoms with Crippen molar-refractivity contribution in [2.75, 3.05) is 7.05 Å². The molecule has 0 aromatic heterocycles. The largest absolute Gasteiger partial charge is 0.358 e. The second-order valence-electron chi connectivity index (χ2n) is 3.89. The van der Waals surface area contributed by atoms with Gasteiger partial charge in [-0.2, -0.15) is 0 Å². The van der Waals surface area contributed by atoms with Crippen LogP contribution in [0.2, 0.25) is 0 Å². The van der Waals surface area contributed by atoms with Gasteiger partial charge in [0.15, 0.2) is 0 Å². The van der Waals surface area contributed by atoms with Crippen LogP contribution in [0.4, 0.5) is 4.39 Å². The average Bonchev–Trinajstić information content (AvgIpc) is 2.30. The van der Waals surface area contributed by atoms with Crippen molar-refractivity contribution in [3.63, 3.8) is 0 Å². The molecular formula is C12H16BrFN2O. The van der Waals surface area contributed by atoms with E-state index in [4.69, 9.17) is 0 Å². The minimum Gasteiger partial charge on any atom is -0.358 e. The van der Waals surface area contributed by atoms with Crippen LogP contribution in [0.25, 0.3) is 0 Å². The van der Waals surface area contributed by atoms with E-state index in [0.717, 1.165) is 4.47 Å². The zero-order valence-corrected chi connectivity index (χ0v) is 11.6. The van der Waals surface area contributed by atoms with Crippen molar-refractivity contribution in [2.24, 2.45) is 0 Å². The van der Waals surface area contributed by atoms with Crippen molar-refractivity contribution < 1.29 is 9.18 Å². The first-order chi connectivity index (χ1) is 7.95. The second kappa shape index (κ2) is 6.12. The Morgan fingerprint density at radius 1 is 1.41 bits per heavy atom. The van der Waals surface area contributed by atoms with Gasteiger partial charge >= 0.3 is 0 Å². The van der Waals surface area contributed by atoms with E-state index < -0.39 is 0 Å². The number of hydrogen-bond donors (Lipinski definition) is 2. The number of carbonyl (C=O) groups is 1. The lowest BCUT2D eigenvalue weighted by Crippen LogP contribution is -2.41. The van der Waals surface area contributed by atoms with Crippen molar-refractivity contribution in [3.05, 3.63) is 34.1 Å². The highest BCUT2D eigenvalue weighted by Crippen LogP contribution is 2.21. The average molecular weight is 303 g/mol. The minimum absolute atomic E-state index is 0.118. The Balaban J connectivity index is 2.79. The summed E-state index contributed by atoms with van der Waals surface area (Å²) in [6.45, 7) is 3.56. The van der Waals surface area contributed by atoms with E-state index in [-0.39, 0.29) is 23.8 Å². The van der Waals surface area contributed by atoms with Gasteiger partial charge in [-0.1, -0.05) is 15.9 Å². The fourth-order valence-electron chi connectivity index (χ4n) is 1.60. The van der Waals surface area contributed by atoms with E-state index in [1.807, 2.05) is 6.92 Å². The molecule has 0 fully saturated rings. The van der Waals surface area contributed by atoms with Crippen molar-refractivity contribution in [1.29, 1.82) is 0 Å². The lowest BCUT2D eigenvalue weighted by molar-refractivity contribution is -0.122. The van der Waals surface area contributed by atoms with E-state index in [9.17, 15) is 9.18 Å². The van der Waals surface area contributed by atoms with E-state index in [2.05, 4.69) is 26.6 Å². The molecule has 2 unspecified atom stereocenters. The molecule has 0 spiro atoms. The van der Waals surface area contributed by atoms with Gasteiger partial charge in [0.05, 0.1) is 6.04 Å². The van der Waals surface area contributed by atoms with Crippen LogP contribution >= 0.6 is 15.9 Å². The monoisotopic (exact) mass is 302 g/mol. The van der Waals surface area contributed by atoms with Crippen molar-refractivity contribution in [3.8, 4) is 0 Å². The predicted octanol–water partition coefficient (Wildman–Crippen LogP) is 2.37. The molecule has 0 saturated heterocycles. The van der Waals surface area contributed by atoms with Crippen LogP contribution in [0.1, 0.15) is 25.5 Å².